The summed E-state index contributed by atoms with van der Waals surface area (Å²) in [5.41, 5.74) is 4.37. The first-order chi connectivity index (χ1) is 18.9. The maximum absolute atomic E-state index is 13.5. The van der Waals surface area contributed by atoms with Gasteiger partial charge in [0.2, 0.25) is 11.1 Å². The zero-order valence-corrected chi connectivity index (χ0v) is 24.0. The van der Waals surface area contributed by atoms with Crippen molar-refractivity contribution in [2.24, 2.45) is 5.92 Å². The predicted molar refractivity (Wildman–Crippen MR) is 152 cm³/mol. The van der Waals surface area contributed by atoms with Crippen molar-refractivity contribution < 1.29 is 9.32 Å². The van der Waals surface area contributed by atoms with Crippen LogP contribution < -0.4 is 15.6 Å². The molecule has 12 nitrogen and oxygen atoms in total. The van der Waals surface area contributed by atoms with E-state index >= 15 is 0 Å². The summed E-state index contributed by atoms with van der Waals surface area (Å²) >= 11 is -0.0720. The van der Waals surface area contributed by atoms with Crippen LogP contribution >= 0.6 is 11.3 Å². The number of anilines is 3. The molecule has 2 aliphatic rings. The molecule has 3 N–H and O–H groups in total. The van der Waals surface area contributed by atoms with Crippen LogP contribution in [0.25, 0.3) is 10.9 Å². The average molecular weight is 571 g/mol. The Morgan fingerprint density at radius 3 is 2.72 bits per heavy atom. The third kappa shape index (κ3) is 5.88. The Hall–Kier alpha value is -2.80. The van der Waals surface area contributed by atoms with Crippen molar-refractivity contribution in [2.45, 2.75) is 64.3 Å². The van der Waals surface area contributed by atoms with Gasteiger partial charge in [0.25, 0.3) is 0 Å². The number of hydrazine groups is 1. The monoisotopic (exact) mass is 570 g/mol. The van der Waals surface area contributed by atoms with E-state index in [1.807, 2.05) is 40.0 Å². The Morgan fingerprint density at radius 2 is 2.03 bits per heavy atom. The highest BCUT2D eigenvalue weighted by Crippen LogP contribution is 2.31. The van der Waals surface area contributed by atoms with Crippen LogP contribution in [0.4, 0.5) is 16.9 Å². The summed E-state index contributed by atoms with van der Waals surface area (Å²) in [5, 5.41) is 31.9. The van der Waals surface area contributed by atoms with E-state index in [4.69, 9.17) is 15.2 Å². The number of aliphatic hydroxyl groups excluding tert-OH is 1. The van der Waals surface area contributed by atoms with Crippen LogP contribution in [0.5, 0.6) is 0 Å². The highest BCUT2D eigenvalue weighted by atomic mass is 32.2. The topological polar surface area (TPSA) is 146 Å². The summed E-state index contributed by atoms with van der Waals surface area (Å²) in [6.45, 7) is 5.16. The number of nitrogens with zero attached hydrogens (tertiary/aromatic N) is 8. The van der Waals surface area contributed by atoms with Gasteiger partial charge in [-0.05, 0) is 37.8 Å². The van der Waals surface area contributed by atoms with E-state index in [0.717, 1.165) is 36.6 Å². The number of rotatable bonds is 9. The summed E-state index contributed by atoms with van der Waals surface area (Å²) in [6, 6.07) is 10.4. The van der Waals surface area contributed by atoms with Crippen LogP contribution in [0.1, 0.15) is 44.5 Å². The second-order valence-corrected chi connectivity index (χ2v) is 12.4. The number of fused-ring (bicyclic) bond motifs is 1. The van der Waals surface area contributed by atoms with E-state index in [1.54, 1.807) is 0 Å². The molecule has 39 heavy (non-hydrogen) atoms. The van der Waals surface area contributed by atoms with Crippen molar-refractivity contribution in [3.8, 4) is 6.07 Å². The van der Waals surface area contributed by atoms with Crippen molar-refractivity contribution in [2.75, 3.05) is 30.4 Å². The Kier molecular flexibility index (Phi) is 8.65. The van der Waals surface area contributed by atoms with Crippen molar-refractivity contribution in [3.63, 3.8) is 0 Å². The second kappa shape index (κ2) is 12.2. The van der Waals surface area contributed by atoms with E-state index in [9.17, 15) is 9.32 Å². The molecule has 5 rings (SSSR count). The molecule has 2 fully saturated rings. The summed E-state index contributed by atoms with van der Waals surface area (Å²) < 4.78 is 17.3. The summed E-state index contributed by atoms with van der Waals surface area (Å²) in [5.74, 6) is 1.17. The third-order valence-corrected chi connectivity index (χ3v) is 9.71. The average Bonchev–Trinajstić information content (AvgIpc) is 3.30. The molecule has 4 atom stereocenters. The second-order valence-electron chi connectivity index (χ2n) is 9.94. The molecule has 0 amide bonds. The van der Waals surface area contributed by atoms with Gasteiger partial charge in [0.15, 0.2) is 11.2 Å². The molecule has 1 aromatic carbocycles. The fourth-order valence-electron chi connectivity index (χ4n) is 4.97. The van der Waals surface area contributed by atoms with E-state index < -0.39 is 11.2 Å². The van der Waals surface area contributed by atoms with Crippen molar-refractivity contribution in [1.29, 1.82) is 5.26 Å². The molecule has 4 unspecified atom stereocenters. The maximum Gasteiger partial charge on any atom is 0.227 e. The fourth-order valence-corrected chi connectivity index (χ4v) is 7.17. The number of hydrogen-bond donors (Lipinski definition) is 3. The lowest BCUT2D eigenvalue weighted by molar-refractivity contribution is 0.186. The molecule has 2 aromatic heterocycles. The number of aromatic nitrogens is 4. The van der Waals surface area contributed by atoms with Crippen LogP contribution in [-0.4, -0.2) is 76.5 Å². The summed E-state index contributed by atoms with van der Waals surface area (Å²) in [7, 11) is 2.02. The lowest BCUT2D eigenvalue weighted by Gasteiger charge is -2.40. The SMILES string of the molecule is CCC1CC(N(C)c2nc(Nc3nnc(CO)s3)c3ccccc3n2)CC(CC)N(S(=O)N2CC(C#N)C2)N1. The summed E-state index contributed by atoms with van der Waals surface area (Å²) in [6.07, 6.45) is 3.33. The quantitative estimate of drug-likeness (QED) is 0.351. The number of nitrogens with one attached hydrogen (secondary N) is 2. The van der Waals surface area contributed by atoms with Crippen molar-refractivity contribution >= 4 is 50.3 Å². The molecule has 2 saturated heterocycles. The number of hydrogen-bond acceptors (Lipinski definition) is 11. The van der Waals surface area contributed by atoms with Crippen LogP contribution in [0.2, 0.25) is 0 Å². The molecule has 0 aliphatic carbocycles. The molecular weight excluding hydrogens is 536 g/mol. The van der Waals surface area contributed by atoms with Crippen molar-refractivity contribution in [3.05, 3.63) is 29.3 Å². The number of aliphatic hydroxyl groups is 1. The van der Waals surface area contributed by atoms with Gasteiger partial charge in [-0.15, -0.1) is 14.6 Å². The van der Waals surface area contributed by atoms with Crippen LogP contribution in [0, 0.1) is 17.2 Å². The van der Waals surface area contributed by atoms with Crippen LogP contribution in [0.15, 0.2) is 24.3 Å². The first-order valence-corrected chi connectivity index (χ1v) is 15.1. The van der Waals surface area contributed by atoms with Gasteiger partial charge in [0.1, 0.15) is 10.8 Å². The third-order valence-electron chi connectivity index (χ3n) is 7.41. The molecular formula is C25H34N10O2S2. The normalized spacial score (nSPS) is 23.6. The Bertz CT molecular complexity index is 1360. The van der Waals surface area contributed by atoms with Gasteiger partial charge in [-0.1, -0.05) is 37.3 Å². The lowest BCUT2D eigenvalue weighted by Crippen LogP contribution is -2.58. The smallest absolute Gasteiger partial charge is 0.227 e. The molecule has 208 valence electrons. The van der Waals surface area contributed by atoms with E-state index in [2.05, 4.69) is 45.8 Å². The van der Waals surface area contributed by atoms with Gasteiger partial charge in [-0.3, -0.25) is 0 Å². The van der Waals surface area contributed by atoms with E-state index in [-0.39, 0.29) is 30.7 Å². The van der Waals surface area contributed by atoms with Gasteiger partial charge >= 0.3 is 0 Å². The molecule has 4 heterocycles. The maximum atomic E-state index is 13.5. The first-order valence-electron chi connectivity index (χ1n) is 13.3. The fraction of sp³-hybridized carbons (Fsp3) is 0.560. The van der Waals surface area contributed by atoms with Gasteiger partial charge in [0.05, 0.1) is 24.1 Å². The molecule has 3 aromatic rings. The van der Waals surface area contributed by atoms with Gasteiger partial charge in [-0.25, -0.2) is 18.9 Å². The number of para-hydroxylation sites is 1. The number of nitriles is 1. The standard InChI is InChI=1S/C25H34N10O2S2/c1-4-17-10-19(11-18(5-2)35(32-17)39(37)34-13-16(12-26)14-34)33(3)24-27-21-9-7-6-8-20(21)23(28-24)29-25-31-30-22(15-36)38-25/h6-9,16-19,32,36H,4-5,10-11,13-15H2,1-3H3,(H,27,28,29,31). The minimum Gasteiger partial charge on any atom is -0.389 e. The van der Waals surface area contributed by atoms with Crippen LogP contribution in [0.3, 0.4) is 0 Å². The Balaban J connectivity index is 1.42. The highest BCUT2D eigenvalue weighted by Gasteiger charge is 2.40. The van der Waals surface area contributed by atoms with Crippen LogP contribution in [-0.2, 0) is 17.8 Å². The molecule has 0 radical (unpaired) electrons. The lowest BCUT2D eigenvalue weighted by atomic mass is 9.98. The number of benzene rings is 1. The van der Waals surface area contributed by atoms with E-state index in [1.165, 1.54) is 11.3 Å². The molecule has 0 saturated carbocycles. The Morgan fingerprint density at radius 1 is 1.23 bits per heavy atom. The van der Waals surface area contributed by atoms with Gasteiger partial charge < -0.3 is 15.3 Å². The minimum absolute atomic E-state index is 0.0346. The molecule has 14 heteroatoms. The molecule has 0 spiro atoms. The highest BCUT2D eigenvalue weighted by molar-refractivity contribution is 7.80. The summed E-state index contributed by atoms with van der Waals surface area (Å²) in [4.78, 5) is 11.9. The first kappa shape index (κ1) is 27.8. The van der Waals surface area contributed by atoms with Gasteiger partial charge in [0, 0.05) is 43.6 Å². The predicted octanol–water partition coefficient (Wildman–Crippen LogP) is 2.71. The van der Waals surface area contributed by atoms with Gasteiger partial charge in [-0.2, -0.15) is 10.2 Å². The minimum atomic E-state index is -1.35. The Labute approximate surface area is 234 Å². The van der Waals surface area contributed by atoms with E-state index in [0.29, 0.717) is 35.0 Å². The van der Waals surface area contributed by atoms with Crippen molar-refractivity contribution in [1.82, 2.24) is 34.3 Å². The molecule has 2 aliphatic heterocycles. The largest absolute Gasteiger partial charge is 0.389 e. The molecule has 0 bridgehead atoms. The zero-order chi connectivity index (χ0) is 27.5. The zero-order valence-electron chi connectivity index (χ0n) is 22.3.